The Bertz CT molecular complexity index is 528. The molecule has 0 aliphatic heterocycles. The van der Waals surface area contributed by atoms with Gasteiger partial charge >= 0.3 is 0 Å². The molecule has 2 rings (SSSR count). The fourth-order valence-corrected chi connectivity index (χ4v) is 3.62. The molecule has 0 aromatic heterocycles. The van der Waals surface area contributed by atoms with Gasteiger partial charge in [-0.05, 0) is 42.9 Å². The molecule has 1 unspecified atom stereocenters. The Morgan fingerprint density at radius 2 is 2.16 bits per heavy atom. The van der Waals surface area contributed by atoms with E-state index < -0.39 is 15.8 Å². The summed E-state index contributed by atoms with van der Waals surface area (Å²) in [5, 5.41) is 8.95. The average Bonchev–Trinajstić information content (AvgIpc) is 3.11. The number of hydrogen-bond acceptors (Lipinski definition) is 3. The largest absolute Gasteiger partial charge is 0.396 e. The number of hydrogen-bond donors (Lipinski definition) is 2. The number of halogens is 1. The zero-order valence-corrected chi connectivity index (χ0v) is 11.4. The van der Waals surface area contributed by atoms with E-state index in [1.165, 1.54) is 18.2 Å². The molecule has 0 heterocycles. The maximum absolute atomic E-state index is 13.0. The van der Waals surface area contributed by atoms with Crippen molar-refractivity contribution in [1.82, 2.24) is 4.72 Å². The Hall–Kier alpha value is -0.980. The number of nitrogens with one attached hydrogen (secondary N) is 1. The molecule has 0 spiro atoms. The lowest BCUT2D eigenvalue weighted by Gasteiger charge is -2.17. The van der Waals surface area contributed by atoms with E-state index in [0.717, 1.165) is 12.8 Å². The third kappa shape index (κ3) is 4.56. The topological polar surface area (TPSA) is 66.4 Å². The quantitative estimate of drug-likeness (QED) is 0.797. The van der Waals surface area contributed by atoms with Gasteiger partial charge in [-0.2, -0.15) is 0 Å². The molecule has 4 nitrogen and oxygen atoms in total. The highest BCUT2D eigenvalue weighted by molar-refractivity contribution is 7.88. The minimum Gasteiger partial charge on any atom is -0.396 e. The van der Waals surface area contributed by atoms with Crippen LogP contribution in [0.25, 0.3) is 0 Å². The summed E-state index contributed by atoms with van der Waals surface area (Å²) in [5.74, 6) is -0.351. The summed E-state index contributed by atoms with van der Waals surface area (Å²) in [6.07, 6.45) is 2.41. The molecule has 2 N–H and O–H groups in total. The van der Waals surface area contributed by atoms with Crippen molar-refractivity contribution in [1.29, 1.82) is 0 Å². The summed E-state index contributed by atoms with van der Waals surface area (Å²) < 4.78 is 39.7. The monoisotopic (exact) mass is 287 g/mol. The summed E-state index contributed by atoms with van der Waals surface area (Å²) in [6, 6.07) is 5.37. The van der Waals surface area contributed by atoms with Gasteiger partial charge in [0, 0.05) is 12.6 Å². The lowest BCUT2D eigenvalue weighted by Crippen LogP contribution is -2.37. The van der Waals surface area contributed by atoms with Gasteiger partial charge in [-0.1, -0.05) is 12.1 Å². The first kappa shape index (κ1) is 14.4. The van der Waals surface area contributed by atoms with Crippen molar-refractivity contribution in [3.05, 3.63) is 35.6 Å². The van der Waals surface area contributed by atoms with Crippen LogP contribution in [0.3, 0.4) is 0 Å². The van der Waals surface area contributed by atoms with Crippen LogP contribution < -0.4 is 4.72 Å². The Balaban J connectivity index is 2.01. The van der Waals surface area contributed by atoms with Crippen LogP contribution in [-0.2, 0) is 15.8 Å². The second-order valence-corrected chi connectivity index (χ2v) is 6.72. The highest BCUT2D eigenvalue weighted by atomic mass is 32.2. The Labute approximate surface area is 112 Å². The number of rotatable bonds is 7. The van der Waals surface area contributed by atoms with Crippen molar-refractivity contribution in [3.63, 3.8) is 0 Å². The van der Waals surface area contributed by atoms with Gasteiger partial charge in [0.05, 0.1) is 5.75 Å². The summed E-state index contributed by atoms with van der Waals surface area (Å²) in [5.41, 5.74) is 0.422. The SMILES string of the molecule is O=S(=O)(Cc1cccc(F)c1)NC(CCO)C1CC1. The van der Waals surface area contributed by atoms with Gasteiger partial charge in [0.2, 0.25) is 10.0 Å². The van der Waals surface area contributed by atoms with Gasteiger partial charge in [0.15, 0.2) is 0 Å². The van der Waals surface area contributed by atoms with Gasteiger partial charge < -0.3 is 5.11 Å². The zero-order chi connectivity index (χ0) is 13.9. The van der Waals surface area contributed by atoms with Crippen molar-refractivity contribution >= 4 is 10.0 Å². The second-order valence-electron chi connectivity index (χ2n) is 4.96. The smallest absolute Gasteiger partial charge is 0.216 e. The molecule has 0 radical (unpaired) electrons. The van der Waals surface area contributed by atoms with Crippen LogP contribution in [0, 0.1) is 11.7 Å². The Morgan fingerprint density at radius 1 is 1.42 bits per heavy atom. The van der Waals surface area contributed by atoms with Crippen LogP contribution in [-0.4, -0.2) is 26.2 Å². The van der Waals surface area contributed by atoms with E-state index in [4.69, 9.17) is 5.11 Å². The number of sulfonamides is 1. The third-order valence-corrected chi connectivity index (χ3v) is 4.58. The molecule has 1 atom stereocenters. The van der Waals surface area contributed by atoms with Gasteiger partial charge in [-0.25, -0.2) is 17.5 Å². The molecule has 1 aromatic rings. The standard InChI is InChI=1S/C13H18FNO3S/c14-12-3-1-2-10(8-12)9-19(17,18)15-13(6-7-16)11-4-5-11/h1-3,8,11,13,15-16H,4-7,9H2. The molecule has 1 aliphatic rings. The summed E-state index contributed by atoms with van der Waals surface area (Å²) >= 11 is 0. The van der Waals surface area contributed by atoms with E-state index >= 15 is 0 Å². The molecule has 106 valence electrons. The van der Waals surface area contributed by atoms with Crippen LogP contribution in [0.4, 0.5) is 4.39 Å². The first-order chi connectivity index (χ1) is 9.00. The van der Waals surface area contributed by atoms with Crippen LogP contribution in [0.15, 0.2) is 24.3 Å². The van der Waals surface area contributed by atoms with E-state index in [1.807, 2.05) is 0 Å². The van der Waals surface area contributed by atoms with Crippen LogP contribution >= 0.6 is 0 Å². The number of benzene rings is 1. The van der Waals surface area contributed by atoms with E-state index in [2.05, 4.69) is 4.72 Å². The lowest BCUT2D eigenvalue weighted by molar-refractivity contribution is 0.265. The predicted molar refractivity (Wildman–Crippen MR) is 70.4 cm³/mol. The maximum Gasteiger partial charge on any atom is 0.216 e. The van der Waals surface area contributed by atoms with Gasteiger partial charge in [-0.3, -0.25) is 0 Å². The summed E-state index contributed by atoms with van der Waals surface area (Å²) in [6.45, 7) is -0.0380. The highest BCUT2D eigenvalue weighted by Gasteiger charge is 2.33. The van der Waals surface area contributed by atoms with Crippen LogP contribution in [0.2, 0.25) is 0 Å². The molecule has 1 fully saturated rings. The fraction of sp³-hybridized carbons (Fsp3) is 0.538. The van der Waals surface area contributed by atoms with Crippen molar-refractivity contribution in [2.45, 2.75) is 31.1 Å². The van der Waals surface area contributed by atoms with E-state index in [1.54, 1.807) is 6.07 Å². The molecular formula is C13H18FNO3S. The van der Waals surface area contributed by atoms with Gasteiger partial charge in [0.25, 0.3) is 0 Å². The first-order valence-electron chi connectivity index (χ1n) is 6.35. The van der Waals surface area contributed by atoms with Gasteiger partial charge in [0.1, 0.15) is 5.82 Å². The minimum atomic E-state index is -3.51. The molecule has 1 saturated carbocycles. The Kier molecular flexibility index (Phi) is 4.54. The molecular weight excluding hydrogens is 269 g/mol. The third-order valence-electron chi connectivity index (χ3n) is 3.21. The molecule has 6 heteroatoms. The minimum absolute atomic E-state index is 0.0380. The fourth-order valence-electron chi connectivity index (χ4n) is 2.15. The predicted octanol–water partition coefficient (Wildman–Crippen LogP) is 1.41. The van der Waals surface area contributed by atoms with Crippen LogP contribution in [0.1, 0.15) is 24.8 Å². The molecule has 1 aromatic carbocycles. The molecule has 1 aliphatic carbocycles. The molecule has 19 heavy (non-hydrogen) atoms. The van der Waals surface area contributed by atoms with E-state index in [-0.39, 0.29) is 18.4 Å². The molecule has 0 amide bonds. The van der Waals surface area contributed by atoms with Crippen molar-refractivity contribution in [2.75, 3.05) is 6.61 Å². The van der Waals surface area contributed by atoms with E-state index in [9.17, 15) is 12.8 Å². The highest BCUT2D eigenvalue weighted by Crippen LogP contribution is 2.34. The first-order valence-corrected chi connectivity index (χ1v) is 8.01. The molecule has 0 saturated heterocycles. The summed E-state index contributed by atoms with van der Waals surface area (Å²) in [7, 11) is -3.51. The van der Waals surface area contributed by atoms with E-state index in [0.29, 0.717) is 17.9 Å². The lowest BCUT2D eigenvalue weighted by atomic mass is 10.1. The van der Waals surface area contributed by atoms with Crippen LogP contribution in [0.5, 0.6) is 0 Å². The zero-order valence-electron chi connectivity index (χ0n) is 10.5. The normalized spacial score (nSPS) is 17.4. The number of aliphatic hydroxyl groups excluding tert-OH is 1. The second kappa shape index (κ2) is 5.98. The van der Waals surface area contributed by atoms with Crippen molar-refractivity contribution in [2.24, 2.45) is 5.92 Å². The Morgan fingerprint density at radius 3 is 2.74 bits per heavy atom. The maximum atomic E-state index is 13.0. The number of aliphatic hydroxyl groups is 1. The van der Waals surface area contributed by atoms with Gasteiger partial charge in [-0.15, -0.1) is 0 Å². The van der Waals surface area contributed by atoms with Crippen molar-refractivity contribution in [3.8, 4) is 0 Å². The average molecular weight is 287 g/mol. The van der Waals surface area contributed by atoms with Crippen molar-refractivity contribution < 1.29 is 17.9 Å². The summed E-state index contributed by atoms with van der Waals surface area (Å²) in [4.78, 5) is 0. The molecule has 0 bridgehead atoms.